The molecule has 2 nitrogen and oxygen atoms in total. The van der Waals surface area contributed by atoms with Crippen molar-refractivity contribution in [1.29, 1.82) is 0 Å². The number of aryl methyl sites for hydroxylation is 2. The van der Waals surface area contributed by atoms with E-state index in [2.05, 4.69) is 19.2 Å². The molecule has 0 amide bonds. The average Bonchev–Trinajstić information content (AvgIpc) is 2.41. The van der Waals surface area contributed by atoms with E-state index in [9.17, 15) is 0 Å². The second kappa shape index (κ2) is 9.25. The molecule has 0 radical (unpaired) electrons. The molecule has 0 saturated carbocycles. The molecule has 0 saturated heterocycles. The van der Waals surface area contributed by atoms with E-state index in [4.69, 9.17) is 16.3 Å². The van der Waals surface area contributed by atoms with Gasteiger partial charge in [0.1, 0.15) is 12.4 Å². The standard InChI is InChI=1S/C17H28ClNO/c1-5-6-7-8-15(4)19-9-10-20-16-11-13(2)17(18)14(3)12-16/h11-12,15,19H,5-10H2,1-4H3. The summed E-state index contributed by atoms with van der Waals surface area (Å²) < 4.78 is 5.78. The molecular weight excluding hydrogens is 270 g/mol. The lowest BCUT2D eigenvalue weighted by atomic mass is 10.1. The molecule has 0 aliphatic heterocycles. The van der Waals surface area contributed by atoms with E-state index in [1.807, 2.05) is 26.0 Å². The number of nitrogens with one attached hydrogen (secondary N) is 1. The summed E-state index contributed by atoms with van der Waals surface area (Å²) in [5.41, 5.74) is 2.14. The van der Waals surface area contributed by atoms with Gasteiger partial charge in [0.15, 0.2) is 0 Å². The number of halogens is 1. The van der Waals surface area contributed by atoms with Gasteiger partial charge in [0.05, 0.1) is 0 Å². The number of ether oxygens (including phenoxy) is 1. The van der Waals surface area contributed by atoms with Gasteiger partial charge in [-0.25, -0.2) is 0 Å². The molecule has 0 aliphatic rings. The second-order valence-electron chi connectivity index (χ2n) is 5.57. The fraction of sp³-hybridized carbons (Fsp3) is 0.647. The Bertz CT molecular complexity index is 383. The molecule has 0 spiro atoms. The molecule has 1 aromatic carbocycles. The monoisotopic (exact) mass is 297 g/mol. The Morgan fingerprint density at radius 3 is 2.45 bits per heavy atom. The lowest BCUT2D eigenvalue weighted by molar-refractivity contribution is 0.304. The Labute approximate surface area is 128 Å². The van der Waals surface area contributed by atoms with E-state index < -0.39 is 0 Å². The van der Waals surface area contributed by atoms with Crippen molar-refractivity contribution in [3.05, 3.63) is 28.3 Å². The van der Waals surface area contributed by atoms with E-state index in [0.717, 1.165) is 28.4 Å². The Morgan fingerprint density at radius 2 is 1.85 bits per heavy atom. The van der Waals surface area contributed by atoms with Crippen molar-refractivity contribution in [1.82, 2.24) is 5.32 Å². The van der Waals surface area contributed by atoms with Gasteiger partial charge >= 0.3 is 0 Å². The van der Waals surface area contributed by atoms with E-state index in [1.54, 1.807) is 0 Å². The fourth-order valence-corrected chi connectivity index (χ4v) is 2.38. The zero-order valence-corrected chi connectivity index (χ0v) is 14.0. The van der Waals surface area contributed by atoms with Gasteiger partial charge in [-0.1, -0.05) is 37.8 Å². The minimum Gasteiger partial charge on any atom is -0.492 e. The third-order valence-electron chi connectivity index (χ3n) is 3.51. The van der Waals surface area contributed by atoms with Crippen LogP contribution in [0.25, 0.3) is 0 Å². The van der Waals surface area contributed by atoms with E-state index in [1.165, 1.54) is 25.7 Å². The van der Waals surface area contributed by atoms with Crippen LogP contribution in [0.4, 0.5) is 0 Å². The lowest BCUT2D eigenvalue weighted by Crippen LogP contribution is -2.30. The van der Waals surface area contributed by atoms with Crippen molar-refractivity contribution < 1.29 is 4.74 Å². The predicted octanol–water partition coefficient (Wildman–Crippen LogP) is 4.89. The third-order valence-corrected chi connectivity index (χ3v) is 4.11. The summed E-state index contributed by atoms with van der Waals surface area (Å²) in [6.07, 6.45) is 5.16. The average molecular weight is 298 g/mol. The number of benzene rings is 1. The Kier molecular flexibility index (Phi) is 8.01. The zero-order chi connectivity index (χ0) is 15.0. The highest BCUT2D eigenvalue weighted by atomic mass is 35.5. The first kappa shape index (κ1) is 17.3. The molecule has 3 heteroatoms. The molecule has 0 bridgehead atoms. The van der Waals surface area contributed by atoms with Gasteiger partial charge in [-0.3, -0.25) is 0 Å². The van der Waals surface area contributed by atoms with Gasteiger partial charge < -0.3 is 10.1 Å². The third kappa shape index (κ3) is 6.15. The van der Waals surface area contributed by atoms with Crippen molar-refractivity contribution in [2.45, 2.75) is 59.4 Å². The molecular formula is C17H28ClNO. The van der Waals surface area contributed by atoms with Crippen LogP contribution in [0.3, 0.4) is 0 Å². The maximum absolute atomic E-state index is 6.15. The topological polar surface area (TPSA) is 21.3 Å². The molecule has 1 aromatic rings. The van der Waals surface area contributed by atoms with Crippen LogP contribution in [0.15, 0.2) is 12.1 Å². The van der Waals surface area contributed by atoms with Crippen LogP contribution in [0.2, 0.25) is 5.02 Å². The maximum atomic E-state index is 6.15. The highest BCUT2D eigenvalue weighted by Crippen LogP contribution is 2.25. The van der Waals surface area contributed by atoms with Gasteiger partial charge in [-0.2, -0.15) is 0 Å². The molecule has 1 atom stereocenters. The maximum Gasteiger partial charge on any atom is 0.119 e. The number of hydrogen-bond acceptors (Lipinski definition) is 2. The molecule has 0 aliphatic carbocycles. The molecule has 0 heterocycles. The van der Waals surface area contributed by atoms with Crippen molar-refractivity contribution in [2.75, 3.05) is 13.2 Å². The van der Waals surface area contributed by atoms with Crippen molar-refractivity contribution in [3.63, 3.8) is 0 Å². The normalized spacial score (nSPS) is 12.4. The molecule has 1 rings (SSSR count). The van der Waals surface area contributed by atoms with E-state index in [0.29, 0.717) is 12.6 Å². The summed E-state index contributed by atoms with van der Waals surface area (Å²) in [7, 11) is 0. The lowest BCUT2D eigenvalue weighted by Gasteiger charge is -2.14. The van der Waals surface area contributed by atoms with Crippen LogP contribution in [-0.2, 0) is 0 Å². The summed E-state index contributed by atoms with van der Waals surface area (Å²) >= 11 is 6.15. The molecule has 20 heavy (non-hydrogen) atoms. The molecule has 1 unspecified atom stereocenters. The highest BCUT2D eigenvalue weighted by molar-refractivity contribution is 6.32. The minimum atomic E-state index is 0.568. The van der Waals surface area contributed by atoms with Crippen LogP contribution in [0.5, 0.6) is 5.75 Å². The minimum absolute atomic E-state index is 0.568. The summed E-state index contributed by atoms with van der Waals surface area (Å²) in [6.45, 7) is 10.1. The van der Waals surface area contributed by atoms with Gasteiger partial charge in [0.25, 0.3) is 0 Å². The first-order chi connectivity index (χ1) is 9.54. The SMILES string of the molecule is CCCCCC(C)NCCOc1cc(C)c(Cl)c(C)c1. The first-order valence-corrected chi connectivity index (χ1v) is 8.05. The Morgan fingerprint density at radius 1 is 1.20 bits per heavy atom. The predicted molar refractivity (Wildman–Crippen MR) is 88.0 cm³/mol. The first-order valence-electron chi connectivity index (χ1n) is 7.67. The molecule has 0 fully saturated rings. The molecule has 1 N–H and O–H groups in total. The highest BCUT2D eigenvalue weighted by Gasteiger charge is 2.04. The Balaban J connectivity index is 2.24. The summed E-state index contributed by atoms with van der Waals surface area (Å²) in [6, 6.07) is 4.57. The van der Waals surface area contributed by atoms with Gasteiger partial charge in [-0.15, -0.1) is 0 Å². The van der Waals surface area contributed by atoms with Crippen LogP contribution >= 0.6 is 11.6 Å². The number of rotatable bonds is 9. The van der Waals surface area contributed by atoms with Crippen LogP contribution < -0.4 is 10.1 Å². The van der Waals surface area contributed by atoms with E-state index in [-0.39, 0.29) is 0 Å². The van der Waals surface area contributed by atoms with Crippen LogP contribution in [0.1, 0.15) is 50.7 Å². The van der Waals surface area contributed by atoms with Gasteiger partial charge in [0.2, 0.25) is 0 Å². The number of unbranched alkanes of at least 4 members (excludes halogenated alkanes) is 2. The fourth-order valence-electron chi connectivity index (χ4n) is 2.27. The van der Waals surface area contributed by atoms with Gasteiger partial charge in [0, 0.05) is 17.6 Å². The summed E-state index contributed by atoms with van der Waals surface area (Å²) in [5, 5.41) is 4.33. The largest absolute Gasteiger partial charge is 0.492 e. The quantitative estimate of drug-likeness (QED) is 0.655. The van der Waals surface area contributed by atoms with Crippen molar-refractivity contribution in [3.8, 4) is 5.75 Å². The summed E-state index contributed by atoms with van der Waals surface area (Å²) in [4.78, 5) is 0. The van der Waals surface area contributed by atoms with Gasteiger partial charge in [-0.05, 0) is 50.5 Å². The van der Waals surface area contributed by atoms with Crippen LogP contribution in [-0.4, -0.2) is 19.2 Å². The second-order valence-corrected chi connectivity index (χ2v) is 5.95. The number of hydrogen-bond donors (Lipinski definition) is 1. The molecule has 0 aromatic heterocycles. The summed E-state index contributed by atoms with van der Waals surface area (Å²) in [5.74, 6) is 0.907. The zero-order valence-electron chi connectivity index (χ0n) is 13.3. The smallest absolute Gasteiger partial charge is 0.119 e. The Hall–Kier alpha value is -0.730. The molecule has 114 valence electrons. The van der Waals surface area contributed by atoms with Crippen molar-refractivity contribution >= 4 is 11.6 Å². The van der Waals surface area contributed by atoms with Crippen LogP contribution in [0, 0.1) is 13.8 Å². The van der Waals surface area contributed by atoms with E-state index >= 15 is 0 Å². The van der Waals surface area contributed by atoms with Crippen molar-refractivity contribution in [2.24, 2.45) is 0 Å².